The number of hydrogen-bond donors (Lipinski definition) is 0. The van der Waals surface area contributed by atoms with Crippen LogP contribution in [0.25, 0.3) is 5.69 Å². The van der Waals surface area contributed by atoms with Crippen molar-refractivity contribution in [3.63, 3.8) is 0 Å². The molecule has 1 saturated heterocycles. The fourth-order valence-electron chi connectivity index (χ4n) is 2.82. The van der Waals surface area contributed by atoms with E-state index >= 15 is 0 Å². The molecule has 132 valence electrons. The van der Waals surface area contributed by atoms with Gasteiger partial charge in [-0.3, -0.25) is 4.79 Å². The quantitative estimate of drug-likeness (QED) is 0.777. The molecule has 1 aromatic heterocycles. The normalized spacial score (nSPS) is 15.0. The smallest absolute Gasteiger partial charge is 0.363 e. The third kappa shape index (κ3) is 3.65. The number of benzene rings is 1. The second-order valence-corrected chi connectivity index (χ2v) is 5.91. The number of aromatic nitrogens is 2. The van der Waals surface area contributed by atoms with Crippen LogP contribution in [0.1, 0.15) is 30.3 Å². The minimum Gasteiger partial charge on any atom is -0.493 e. The summed E-state index contributed by atoms with van der Waals surface area (Å²) in [5.74, 6) is -0.548. The van der Waals surface area contributed by atoms with Crippen molar-refractivity contribution >= 4 is 11.9 Å². The summed E-state index contributed by atoms with van der Waals surface area (Å²) in [5.41, 5.74) is 0.841. The van der Waals surface area contributed by atoms with E-state index in [2.05, 4.69) is 5.10 Å². The van der Waals surface area contributed by atoms with Gasteiger partial charge < -0.3 is 14.4 Å². The maximum atomic E-state index is 12.4. The third-order valence-electron chi connectivity index (χ3n) is 4.16. The summed E-state index contributed by atoms with van der Waals surface area (Å²) in [6.45, 7) is 3.01. The minimum atomic E-state index is -0.850. The van der Waals surface area contributed by atoms with Gasteiger partial charge in [-0.25, -0.2) is 9.48 Å². The van der Waals surface area contributed by atoms with E-state index in [9.17, 15) is 9.59 Å². The van der Waals surface area contributed by atoms with Crippen LogP contribution >= 0.6 is 0 Å². The zero-order valence-electron chi connectivity index (χ0n) is 14.3. The molecule has 1 unspecified atom stereocenters. The number of esters is 1. The molecule has 1 aliphatic rings. The SMILES string of the molecule is COc1cn(-c2ccccc2)nc1C(=O)OC(C)C(=O)N1CCCC1. The van der Waals surface area contributed by atoms with Crippen molar-refractivity contribution in [3.8, 4) is 11.4 Å². The molecule has 25 heavy (non-hydrogen) atoms. The van der Waals surface area contributed by atoms with Gasteiger partial charge in [0.05, 0.1) is 19.0 Å². The summed E-state index contributed by atoms with van der Waals surface area (Å²) in [6, 6.07) is 9.36. The maximum Gasteiger partial charge on any atom is 0.363 e. The fourth-order valence-corrected chi connectivity index (χ4v) is 2.82. The molecular formula is C18H21N3O4. The molecule has 1 atom stereocenters. The van der Waals surface area contributed by atoms with Crippen molar-refractivity contribution in [2.45, 2.75) is 25.9 Å². The van der Waals surface area contributed by atoms with Crippen LogP contribution in [0.5, 0.6) is 5.75 Å². The van der Waals surface area contributed by atoms with Gasteiger partial charge >= 0.3 is 5.97 Å². The zero-order chi connectivity index (χ0) is 17.8. The van der Waals surface area contributed by atoms with Crippen molar-refractivity contribution in [2.24, 2.45) is 0 Å². The maximum absolute atomic E-state index is 12.4. The summed E-state index contributed by atoms with van der Waals surface area (Å²) >= 11 is 0. The highest BCUT2D eigenvalue weighted by Crippen LogP contribution is 2.21. The highest BCUT2D eigenvalue weighted by atomic mass is 16.6. The van der Waals surface area contributed by atoms with E-state index in [1.165, 1.54) is 7.11 Å². The second-order valence-electron chi connectivity index (χ2n) is 5.91. The molecule has 0 saturated carbocycles. The lowest BCUT2D eigenvalue weighted by Gasteiger charge is -2.20. The molecule has 0 aliphatic carbocycles. The van der Waals surface area contributed by atoms with E-state index in [1.807, 2.05) is 30.3 Å². The minimum absolute atomic E-state index is 0.0485. The number of amides is 1. The Bertz CT molecular complexity index is 751. The molecule has 1 aromatic carbocycles. The van der Waals surface area contributed by atoms with Crippen molar-refractivity contribution in [1.29, 1.82) is 0 Å². The number of para-hydroxylation sites is 1. The lowest BCUT2D eigenvalue weighted by atomic mass is 10.3. The molecule has 1 fully saturated rings. The fraction of sp³-hybridized carbons (Fsp3) is 0.389. The van der Waals surface area contributed by atoms with Crippen molar-refractivity contribution in [1.82, 2.24) is 14.7 Å². The molecule has 1 amide bonds. The Labute approximate surface area is 146 Å². The Morgan fingerprint density at radius 2 is 1.84 bits per heavy atom. The van der Waals surface area contributed by atoms with E-state index in [0.29, 0.717) is 18.8 Å². The third-order valence-corrected chi connectivity index (χ3v) is 4.16. The van der Waals surface area contributed by atoms with Crippen LogP contribution in [-0.2, 0) is 9.53 Å². The van der Waals surface area contributed by atoms with Crippen LogP contribution in [0.2, 0.25) is 0 Å². The molecule has 1 aliphatic heterocycles. The number of methoxy groups -OCH3 is 1. The molecule has 0 bridgehead atoms. The van der Waals surface area contributed by atoms with Crippen LogP contribution in [0.3, 0.4) is 0 Å². The molecule has 2 aromatic rings. The van der Waals surface area contributed by atoms with Crippen molar-refractivity contribution in [2.75, 3.05) is 20.2 Å². The monoisotopic (exact) mass is 343 g/mol. The number of nitrogens with zero attached hydrogens (tertiary/aromatic N) is 3. The van der Waals surface area contributed by atoms with Gasteiger partial charge in [0, 0.05) is 13.1 Å². The van der Waals surface area contributed by atoms with E-state index in [0.717, 1.165) is 18.5 Å². The molecule has 0 N–H and O–H groups in total. The van der Waals surface area contributed by atoms with Crippen molar-refractivity contribution in [3.05, 3.63) is 42.2 Å². The van der Waals surface area contributed by atoms with E-state index in [-0.39, 0.29) is 11.6 Å². The standard InChI is InChI=1S/C18H21N3O4/c1-13(17(22)20-10-6-7-11-20)25-18(23)16-15(24-2)12-21(19-16)14-8-4-3-5-9-14/h3-5,8-9,12-13H,6-7,10-11H2,1-2H3. The molecule has 7 nitrogen and oxygen atoms in total. The first-order valence-electron chi connectivity index (χ1n) is 8.29. The molecule has 3 rings (SSSR count). The predicted molar refractivity (Wildman–Crippen MR) is 90.8 cm³/mol. The van der Waals surface area contributed by atoms with Gasteiger partial charge in [0.1, 0.15) is 0 Å². The van der Waals surface area contributed by atoms with E-state index < -0.39 is 12.1 Å². The average molecular weight is 343 g/mol. The van der Waals surface area contributed by atoms with Crippen LogP contribution in [0, 0.1) is 0 Å². The lowest BCUT2D eigenvalue weighted by Crippen LogP contribution is -2.38. The molecule has 2 heterocycles. The van der Waals surface area contributed by atoms with Gasteiger partial charge in [-0.2, -0.15) is 5.10 Å². The van der Waals surface area contributed by atoms with Gasteiger partial charge in [0.2, 0.25) is 5.69 Å². The van der Waals surface area contributed by atoms with Crippen LogP contribution in [0.15, 0.2) is 36.5 Å². The summed E-state index contributed by atoms with van der Waals surface area (Å²) < 4.78 is 12.1. The summed E-state index contributed by atoms with van der Waals surface area (Å²) in [6.07, 6.45) is 2.74. The molecule has 0 spiro atoms. The zero-order valence-corrected chi connectivity index (χ0v) is 14.3. The molecular weight excluding hydrogens is 322 g/mol. The van der Waals surface area contributed by atoms with Gasteiger partial charge in [0.25, 0.3) is 5.91 Å². The number of carbonyl (C=O) groups excluding carboxylic acids is 2. The van der Waals surface area contributed by atoms with Gasteiger partial charge in [0.15, 0.2) is 11.9 Å². The Morgan fingerprint density at radius 1 is 1.16 bits per heavy atom. The van der Waals surface area contributed by atoms with Crippen LogP contribution < -0.4 is 4.74 Å². The average Bonchev–Trinajstić information content (AvgIpc) is 3.31. The number of hydrogen-bond acceptors (Lipinski definition) is 5. The Hall–Kier alpha value is -2.83. The van der Waals surface area contributed by atoms with Gasteiger partial charge in [-0.05, 0) is 31.9 Å². The first kappa shape index (κ1) is 17.0. The lowest BCUT2D eigenvalue weighted by molar-refractivity contribution is -0.138. The Balaban J connectivity index is 1.75. The van der Waals surface area contributed by atoms with Gasteiger partial charge in [-0.1, -0.05) is 18.2 Å². The summed E-state index contributed by atoms with van der Waals surface area (Å²) in [7, 11) is 1.46. The van der Waals surface area contributed by atoms with Gasteiger partial charge in [-0.15, -0.1) is 0 Å². The number of ether oxygens (including phenoxy) is 2. The van der Waals surface area contributed by atoms with Crippen molar-refractivity contribution < 1.29 is 19.1 Å². The Morgan fingerprint density at radius 3 is 2.48 bits per heavy atom. The molecule has 7 heteroatoms. The van der Waals surface area contributed by atoms with Crippen LogP contribution in [0.4, 0.5) is 0 Å². The number of carbonyl (C=O) groups is 2. The highest BCUT2D eigenvalue weighted by molar-refractivity contribution is 5.93. The number of likely N-dealkylation sites (tertiary alicyclic amines) is 1. The first-order valence-corrected chi connectivity index (χ1v) is 8.29. The summed E-state index contributed by atoms with van der Waals surface area (Å²) in [5, 5.41) is 4.25. The topological polar surface area (TPSA) is 73.7 Å². The largest absolute Gasteiger partial charge is 0.493 e. The predicted octanol–water partition coefficient (Wildman–Crippen LogP) is 2.05. The molecule has 0 radical (unpaired) electrons. The number of rotatable bonds is 5. The van der Waals surface area contributed by atoms with Crippen LogP contribution in [-0.4, -0.2) is 52.9 Å². The van der Waals surface area contributed by atoms with E-state index in [4.69, 9.17) is 9.47 Å². The first-order chi connectivity index (χ1) is 12.1. The summed E-state index contributed by atoms with van der Waals surface area (Å²) in [4.78, 5) is 26.5. The van der Waals surface area contributed by atoms with E-state index in [1.54, 1.807) is 22.7 Å². The second kappa shape index (κ2) is 7.38. The highest BCUT2D eigenvalue weighted by Gasteiger charge is 2.28. The Kier molecular flexibility index (Phi) is 5.02.